The smallest absolute Gasteiger partial charge is 0.226 e. The topological polar surface area (TPSA) is 71.3 Å². The van der Waals surface area contributed by atoms with Crippen LogP contribution in [0.25, 0.3) is 0 Å². The summed E-state index contributed by atoms with van der Waals surface area (Å²) in [6.07, 6.45) is 2.67. The number of carbonyl (C=O) groups is 1. The summed E-state index contributed by atoms with van der Waals surface area (Å²) in [5.74, 6) is 1.56. The molecule has 7 heteroatoms. The highest BCUT2D eigenvalue weighted by Gasteiger charge is 2.17. The number of hydrogen-bond acceptors (Lipinski definition) is 6. The van der Waals surface area contributed by atoms with Crippen LogP contribution in [0.2, 0.25) is 0 Å². The maximum absolute atomic E-state index is 12.6. The fourth-order valence-corrected chi connectivity index (χ4v) is 4.16. The molecule has 2 aromatic heterocycles. The van der Waals surface area contributed by atoms with Crippen molar-refractivity contribution in [2.75, 3.05) is 16.8 Å². The summed E-state index contributed by atoms with van der Waals surface area (Å²) in [6, 6.07) is 18.1. The van der Waals surface area contributed by atoms with Gasteiger partial charge in [0, 0.05) is 36.6 Å². The molecule has 4 aromatic rings. The molecule has 6 nitrogen and oxygen atoms in total. The van der Waals surface area contributed by atoms with Gasteiger partial charge in [-0.2, -0.15) is 4.37 Å². The second-order valence-electron chi connectivity index (χ2n) is 8.25. The number of carbonyl (C=O) groups excluding carboxylic acids is 1. The summed E-state index contributed by atoms with van der Waals surface area (Å²) in [7, 11) is 0. The van der Waals surface area contributed by atoms with Crippen LogP contribution in [0, 0.1) is 20.8 Å². The highest BCUT2D eigenvalue weighted by Crippen LogP contribution is 2.22. The third-order valence-corrected chi connectivity index (χ3v) is 6.35. The molecular weight excluding hydrogens is 432 g/mol. The van der Waals surface area contributed by atoms with Crippen LogP contribution in [0.5, 0.6) is 0 Å². The quantitative estimate of drug-likeness (QED) is 0.348. The first-order valence-electron chi connectivity index (χ1n) is 11.0. The van der Waals surface area contributed by atoms with E-state index in [1.54, 1.807) is 6.26 Å². The van der Waals surface area contributed by atoms with E-state index >= 15 is 0 Å². The molecule has 0 aliphatic carbocycles. The lowest BCUT2D eigenvalue weighted by Gasteiger charge is -2.20. The summed E-state index contributed by atoms with van der Waals surface area (Å²) in [6.45, 7) is 7.22. The number of aromatic nitrogens is 2. The van der Waals surface area contributed by atoms with Crippen LogP contribution in [0.3, 0.4) is 0 Å². The standard InChI is InChI=1S/C26H28N4O2S/c1-18-6-9-21(10-7-18)16-24-28-26(33-29-24)30(17-23-5-4-14-32-23)13-12-25(31)27-22-11-8-19(2)20(3)15-22/h4-11,14-15H,12-13,16-17H2,1-3H3,(H,27,31). The van der Waals surface area contributed by atoms with E-state index in [-0.39, 0.29) is 5.91 Å². The molecule has 2 aromatic carbocycles. The van der Waals surface area contributed by atoms with Gasteiger partial charge >= 0.3 is 0 Å². The second-order valence-corrected chi connectivity index (χ2v) is 8.98. The maximum atomic E-state index is 12.6. The zero-order valence-corrected chi connectivity index (χ0v) is 20.0. The van der Waals surface area contributed by atoms with Gasteiger partial charge in [-0.1, -0.05) is 35.9 Å². The lowest BCUT2D eigenvalue weighted by Crippen LogP contribution is -2.27. The fourth-order valence-electron chi connectivity index (χ4n) is 3.45. The molecule has 0 aliphatic heterocycles. The molecule has 0 fully saturated rings. The summed E-state index contributed by atoms with van der Waals surface area (Å²) < 4.78 is 10.1. The van der Waals surface area contributed by atoms with Gasteiger partial charge in [0.25, 0.3) is 0 Å². The van der Waals surface area contributed by atoms with E-state index < -0.39 is 0 Å². The number of anilines is 2. The van der Waals surface area contributed by atoms with E-state index in [2.05, 4.69) is 52.7 Å². The van der Waals surface area contributed by atoms with Gasteiger partial charge in [0.2, 0.25) is 11.0 Å². The van der Waals surface area contributed by atoms with Crippen LogP contribution in [0.4, 0.5) is 10.8 Å². The zero-order valence-electron chi connectivity index (χ0n) is 19.2. The molecule has 0 spiro atoms. The van der Waals surface area contributed by atoms with Crippen LogP contribution in [-0.2, 0) is 17.8 Å². The van der Waals surface area contributed by atoms with Crippen molar-refractivity contribution in [3.8, 4) is 0 Å². The number of furan rings is 1. The number of amides is 1. The minimum absolute atomic E-state index is 0.0351. The van der Waals surface area contributed by atoms with Crippen molar-refractivity contribution in [2.45, 2.75) is 40.2 Å². The number of nitrogens with one attached hydrogen (secondary N) is 1. The Hall–Kier alpha value is -3.45. The Kier molecular flexibility index (Phi) is 7.19. The molecular formula is C26H28N4O2S. The number of aryl methyl sites for hydroxylation is 3. The lowest BCUT2D eigenvalue weighted by molar-refractivity contribution is -0.116. The van der Waals surface area contributed by atoms with Crippen molar-refractivity contribution in [3.63, 3.8) is 0 Å². The van der Waals surface area contributed by atoms with Crippen molar-refractivity contribution in [3.05, 3.63) is 94.7 Å². The van der Waals surface area contributed by atoms with Gasteiger partial charge in [-0.3, -0.25) is 4.79 Å². The molecule has 0 unspecified atom stereocenters. The average Bonchev–Trinajstić information content (AvgIpc) is 3.47. The Bertz CT molecular complexity index is 1200. The molecule has 0 bridgehead atoms. The molecule has 0 radical (unpaired) electrons. The van der Waals surface area contributed by atoms with Crippen molar-refractivity contribution in [1.29, 1.82) is 0 Å². The summed E-state index contributed by atoms with van der Waals surface area (Å²) in [4.78, 5) is 19.4. The monoisotopic (exact) mass is 460 g/mol. The molecule has 0 saturated heterocycles. The van der Waals surface area contributed by atoms with Crippen LogP contribution in [0.15, 0.2) is 65.3 Å². The van der Waals surface area contributed by atoms with Crippen LogP contribution < -0.4 is 10.2 Å². The number of nitrogens with zero attached hydrogens (tertiary/aromatic N) is 3. The Balaban J connectivity index is 1.42. The van der Waals surface area contributed by atoms with E-state index in [4.69, 9.17) is 9.40 Å². The van der Waals surface area contributed by atoms with Gasteiger partial charge < -0.3 is 14.6 Å². The number of benzene rings is 2. The molecule has 0 atom stereocenters. The van der Waals surface area contributed by atoms with E-state index in [0.717, 1.165) is 28.0 Å². The average molecular weight is 461 g/mol. The molecule has 0 aliphatic rings. The van der Waals surface area contributed by atoms with Gasteiger partial charge in [-0.05, 0) is 61.7 Å². The van der Waals surface area contributed by atoms with Crippen molar-refractivity contribution >= 4 is 28.3 Å². The zero-order chi connectivity index (χ0) is 23.2. The largest absolute Gasteiger partial charge is 0.467 e. The summed E-state index contributed by atoms with van der Waals surface area (Å²) >= 11 is 1.35. The Morgan fingerprint density at radius 3 is 2.61 bits per heavy atom. The summed E-state index contributed by atoms with van der Waals surface area (Å²) in [5.41, 5.74) is 5.58. The minimum atomic E-state index is -0.0351. The van der Waals surface area contributed by atoms with Crippen molar-refractivity contribution in [1.82, 2.24) is 9.36 Å². The Morgan fingerprint density at radius 2 is 1.88 bits per heavy atom. The van der Waals surface area contributed by atoms with Gasteiger partial charge in [0.05, 0.1) is 12.8 Å². The minimum Gasteiger partial charge on any atom is -0.467 e. The molecule has 2 heterocycles. The Morgan fingerprint density at radius 1 is 1.06 bits per heavy atom. The van der Waals surface area contributed by atoms with E-state index in [9.17, 15) is 4.79 Å². The van der Waals surface area contributed by atoms with Gasteiger partial charge in [-0.25, -0.2) is 4.98 Å². The van der Waals surface area contributed by atoms with Crippen molar-refractivity contribution in [2.24, 2.45) is 0 Å². The van der Waals surface area contributed by atoms with Crippen LogP contribution in [0.1, 0.15) is 40.3 Å². The van der Waals surface area contributed by atoms with Crippen LogP contribution >= 0.6 is 11.5 Å². The molecule has 1 amide bonds. The highest BCUT2D eigenvalue weighted by molar-refractivity contribution is 7.09. The molecule has 33 heavy (non-hydrogen) atoms. The molecule has 4 rings (SSSR count). The first-order valence-corrected chi connectivity index (χ1v) is 11.8. The fraction of sp³-hybridized carbons (Fsp3) is 0.269. The summed E-state index contributed by atoms with van der Waals surface area (Å²) in [5, 5.41) is 3.78. The molecule has 170 valence electrons. The SMILES string of the molecule is Cc1ccc(Cc2nsc(N(CCC(=O)Nc3ccc(C)c(C)c3)Cc3ccco3)n2)cc1. The van der Waals surface area contributed by atoms with Gasteiger partial charge in [0.1, 0.15) is 11.6 Å². The number of hydrogen-bond donors (Lipinski definition) is 1. The lowest BCUT2D eigenvalue weighted by atomic mass is 10.1. The van der Waals surface area contributed by atoms with Crippen LogP contribution in [-0.4, -0.2) is 21.8 Å². The van der Waals surface area contributed by atoms with Gasteiger partial charge in [-0.15, -0.1) is 0 Å². The first-order chi connectivity index (χ1) is 16.0. The Labute approximate surface area is 198 Å². The van der Waals surface area contributed by atoms with Gasteiger partial charge in [0.15, 0.2) is 0 Å². The molecule has 1 N–H and O–H groups in total. The van der Waals surface area contributed by atoms with Crippen molar-refractivity contribution < 1.29 is 9.21 Å². The second kappa shape index (κ2) is 10.4. The normalized spacial score (nSPS) is 10.9. The van der Waals surface area contributed by atoms with E-state index in [1.165, 1.54) is 28.2 Å². The third kappa shape index (κ3) is 6.29. The molecule has 0 saturated carbocycles. The van der Waals surface area contributed by atoms with E-state index in [1.807, 2.05) is 37.3 Å². The third-order valence-electron chi connectivity index (χ3n) is 5.54. The van der Waals surface area contributed by atoms with E-state index in [0.29, 0.717) is 25.9 Å². The number of rotatable bonds is 9. The predicted molar refractivity (Wildman–Crippen MR) is 133 cm³/mol. The highest BCUT2D eigenvalue weighted by atomic mass is 32.1. The predicted octanol–water partition coefficient (Wildman–Crippen LogP) is 5.68. The first kappa shape index (κ1) is 22.7. The maximum Gasteiger partial charge on any atom is 0.226 e.